The molecule has 0 radical (unpaired) electrons. The summed E-state index contributed by atoms with van der Waals surface area (Å²) in [5.74, 6) is 1.06. The number of unbranched alkanes of at least 4 members (excludes halogenated alkanes) is 1. The lowest BCUT2D eigenvalue weighted by molar-refractivity contribution is -0.197. The Morgan fingerprint density at radius 3 is 2.58 bits per heavy atom. The summed E-state index contributed by atoms with van der Waals surface area (Å²) in [6.45, 7) is 3.63. The minimum atomic E-state index is -0.244. The lowest BCUT2D eigenvalue weighted by Crippen LogP contribution is -2.25. The van der Waals surface area contributed by atoms with Gasteiger partial charge in [0.1, 0.15) is 0 Å². The van der Waals surface area contributed by atoms with Crippen LogP contribution in [0.4, 0.5) is 4.39 Å². The van der Waals surface area contributed by atoms with E-state index in [2.05, 4.69) is 43.3 Å². The van der Waals surface area contributed by atoms with Crippen LogP contribution in [0.1, 0.15) is 62.9 Å². The molecule has 0 bridgehead atoms. The Morgan fingerprint density at radius 1 is 1.15 bits per heavy atom. The number of allylic oxidation sites excluding steroid dienone is 3. The molecule has 26 heavy (non-hydrogen) atoms. The highest BCUT2D eigenvalue weighted by atomic mass is 19.1. The smallest absolute Gasteiger partial charge is 0.183 e. The molecule has 1 fully saturated rings. The minimum absolute atomic E-state index is 0.0705. The number of rotatable bonds is 7. The van der Waals surface area contributed by atoms with Gasteiger partial charge in [-0.1, -0.05) is 55.8 Å². The minimum Gasteiger partial charge on any atom is -0.348 e. The maximum absolute atomic E-state index is 13.1. The van der Waals surface area contributed by atoms with Crippen LogP contribution in [-0.4, -0.2) is 13.2 Å². The fraction of sp³-hybridized carbons (Fsp3) is 0.565. The van der Waals surface area contributed by atoms with Crippen molar-refractivity contribution in [3.8, 4) is 0 Å². The molecule has 1 aromatic carbocycles. The molecule has 0 amide bonds. The van der Waals surface area contributed by atoms with Crippen LogP contribution in [0.15, 0.2) is 48.3 Å². The van der Waals surface area contributed by atoms with Gasteiger partial charge in [-0.15, -0.1) is 0 Å². The molecule has 3 rings (SSSR count). The molecular weight excluding hydrogens is 327 g/mol. The number of ether oxygens (including phenoxy) is 2. The summed E-state index contributed by atoms with van der Waals surface area (Å²) in [6, 6.07) is 8.59. The van der Waals surface area contributed by atoms with Crippen molar-refractivity contribution in [1.29, 1.82) is 0 Å². The number of hydrogen-bond donors (Lipinski definition) is 0. The van der Waals surface area contributed by atoms with Crippen molar-refractivity contribution in [2.24, 2.45) is 11.8 Å². The lowest BCUT2D eigenvalue weighted by atomic mass is 9.88. The van der Waals surface area contributed by atoms with Crippen molar-refractivity contribution in [2.45, 2.75) is 58.2 Å². The van der Waals surface area contributed by atoms with Crippen molar-refractivity contribution < 1.29 is 13.9 Å². The molecule has 142 valence electrons. The molecule has 2 aliphatic rings. The van der Waals surface area contributed by atoms with E-state index in [-0.39, 0.29) is 12.1 Å². The monoisotopic (exact) mass is 358 g/mol. The second kappa shape index (κ2) is 10.0. The van der Waals surface area contributed by atoms with E-state index in [1.165, 1.54) is 12.0 Å². The van der Waals surface area contributed by atoms with Crippen LogP contribution in [-0.2, 0) is 15.9 Å². The van der Waals surface area contributed by atoms with Gasteiger partial charge in [-0.2, -0.15) is 0 Å². The first-order valence-corrected chi connectivity index (χ1v) is 10.1. The summed E-state index contributed by atoms with van der Waals surface area (Å²) in [6.07, 6.45) is 12.9. The molecule has 0 saturated carbocycles. The average molecular weight is 358 g/mol. The number of aryl methyl sites for hydroxylation is 1. The van der Waals surface area contributed by atoms with Crippen LogP contribution in [0, 0.1) is 11.8 Å². The Balaban J connectivity index is 1.43. The Hall–Kier alpha value is -1.45. The first kappa shape index (κ1) is 19.3. The molecular formula is C23H31FO2. The summed E-state index contributed by atoms with van der Waals surface area (Å²) in [7, 11) is 0. The molecule has 1 saturated heterocycles. The standard InChI is InChI=1S/C23H31FO2/c1-2-3-4-5-20-16-25-23(26-17-20)21-12-8-18(9-13-21)6-7-19-10-14-22(24)15-11-19/h4-5,8-9,12-14,19-20,23H,2-3,6-7,10-11,15-17H2,1H3. The van der Waals surface area contributed by atoms with Gasteiger partial charge >= 0.3 is 0 Å². The van der Waals surface area contributed by atoms with E-state index in [1.807, 2.05) is 0 Å². The summed E-state index contributed by atoms with van der Waals surface area (Å²) >= 11 is 0. The van der Waals surface area contributed by atoms with E-state index in [0.29, 0.717) is 18.3 Å². The zero-order valence-electron chi connectivity index (χ0n) is 15.8. The fourth-order valence-corrected chi connectivity index (χ4v) is 3.61. The molecule has 1 heterocycles. The highest BCUT2D eigenvalue weighted by molar-refractivity contribution is 5.24. The number of halogens is 1. The molecule has 2 nitrogen and oxygen atoms in total. The molecule has 3 heteroatoms. The van der Waals surface area contributed by atoms with Crippen LogP contribution in [0.3, 0.4) is 0 Å². The Bertz CT molecular complexity index is 597. The van der Waals surface area contributed by atoms with Gasteiger partial charge in [0.2, 0.25) is 0 Å². The Kier molecular flexibility index (Phi) is 7.45. The van der Waals surface area contributed by atoms with Gasteiger partial charge in [-0.3, -0.25) is 0 Å². The van der Waals surface area contributed by atoms with E-state index in [1.54, 1.807) is 6.08 Å². The van der Waals surface area contributed by atoms with Crippen LogP contribution >= 0.6 is 0 Å². The predicted octanol–water partition coefficient (Wildman–Crippen LogP) is 6.29. The number of hydrogen-bond acceptors (Lipinski definition) is 2. The first-order valence-electron chi connectivity index (χ1n) is 10.1. The molecule has 0 spiro atoms. The van der Waals surface area contributed by atoms with Gasteiger partial charge in [-0.25, -0.2) is 4.39 Å². The van der Waals surface area contributed by atoms with E-state index in [0.717, 1.165) is 50.9 Å². The Morgan fingerprint density at radius 2 is 1.92 bits per heavy atom. The van der Waals surface area contributed by atoms with Gasteiger partial charge in [0.25, 0.3) is 0 Å². The highest BCUT2D eigenvalue weighted by Crippen LogP contribution is 2.29. The summed E-state index contributed by atoms with van der Waals surface area (Å²) in [5.41, 5.74) is 2.42. The quantitative estimate of drug-likeness (QED) is 0.533. The molecule has 1 aromatic rings. The van der Waals surface area contributed by atoms with Gasteiger partial charge in [0, 0.05) is 11.5 Å². The largest absolute Gasteiger partial charge is 0.348 e. The maximum atomic E-state index is 13.1. The second-order valence-corrected chi connectivity index (χ2v) is 7.55. The summed E-state index contributed by atoms with van der Waals surface area (Å²) < 4.78 is 24.9. The van der Waals surface area contributed by atoms with Crippen molar-refractivity contribution in [1.82, 2.24) is 0 Å². The summed E-state index contributed by atoms with van der Waals surface area (Å²) in [4.78, 5) is 0. The average Bonchev–Trinajstić information content (AvgIpc) is 2.69. The van der Waals surface area contributed by atoms with Crippen molar-refractivity contribution in [3.63, 3.8) is 0 Å². The Labute approximate surface area is 157 Å². The predicted molar refractivity (Wildman–Crippen MR) is 103 cm³/mol. The van der Waals surface area contributed by atoms with E-state index in [4.69, 9.17) is 9.47 Å². The zero-order chi connectivity index (χ0) is 18.2. The van der Waals surface area contributed by atoms with Crippen molar-refractivity contribution >= 4 is 0 Å². The van der Waals surface area contributed by atoms with Gasteiger partial charge in [-0.05, 0) is 50.0 Å². The molecule has 0 aromatic heterocycles. The maximum Gasteiger partial charge on any atom is 0.183 e. The lowest BCUT2D eigenvalue weighted by Gasteiger charge is -2.28. The van der Waals surface area contributed by atoms with Gasteiger partial charge < -0.3 is 9.47 Å². The van der Waals surface area contributed by atoms with Crippen molar-refractivity contribution in [3.05, 3.63) is 59.4 Å². The molecule has 1 unspecified atom stereocenters. The van der Waals surface area contributed by atoms with Crippen molar-refractivity contribution in [2.75, 3.05) is 13.2 Å². The molecule has 1 aliphatic carbocycles. The fourth-order valence-electron chi connectivity index (χ4n) is 3.61. The number of benzene rings is 1. The zero-order valence-corrected chi connectivity index (χ0v) is 15.8. The van der Waals surface area contributed by atoms with E-state index < -0.39 is 0 Å². The molecule has 1 atom stereocenters. The van der Waals surface area contributed by atoms with Crippen LogP contribution in [0.2, 0.25) is 0 Å². The third kappa shape index (κ3) is 5.78. The second-order valence-electron chi connectivity index (χ2n) is 7.55. The SMILES string of the molecule is CCCC=CC1COC(c2ccc(CCC3CC=C(F)CC3)cc2)OC1. The van der Waals surface area contributed by atoms with Crippen LogP contribution in [0.25, 0.3) is 0 Å². The van der Waals surface area contributed by atoms with E-state index in [9.17, 15) is 4.39 Å². The third-order valence-electron chi connectivity index (χ3n) is 5.34. The van der Waals surface area contributed by atoms with Gasteiger partial charge in [0.05, 0.1) is 19.0 Å². The van der Waals surface area contributed by atoms with Crippen LogP contribution < -0.4 is 0 Å². The highest BCUT2D eigenvalue weighted by Gasteiger charge is 2.22. The molecule has 1 aliphatic heterocycles. The third-order valence-corrected chi connectivity index (χ3v) is 5.34. The normalized spacial score (nSPS) is 26.8. The van der Waals surface area contributed by atoms with Gasteiger partial charge in [0.15, 0.2) is 6.29 Å². The molecule has 0 N–H and O–H groups in total. The summed E-state index contributed by atoms with van der Waals surface area (Å²) in [5, 5.41) is 0. The first-order chi connectivity index (χ1) is 12.7. The van der Waals surface area contributed by atoms with Crippen LogP contribution in [0.5, 0.6) is 0 Å². The van der Waals surface area contributed by atoms with E-state index >= 15 is 0 Å². The topological polar surface area (TPSA) is 18.5 Å².